The molecule has 6 nitrogen and oxygen atoms in total. The molecule has 0 saturated carbocycles. The van der Waals surface area contributed by atoms with Crippen LogP contribution in [0.2, 0.25) is 0 Å². The highest BCUT2D eigenvalue weighted by molar-refractivity contribution is 5.88. The Morgan fingerprint density at radius 1 is 0.800 bits per heavy atom. The number of carbonyl (C=O) groups is 2. The van der Waals surface area contributed by atoms with E-state index in [0.29, 0.717) is 24.5 Å². The number of rotatable bonds is 9. The van der Waals surface area contributed by atoms with Crippen molar-refractivity contribution in [1.82, 2.24) is 10.6 Å². The summed E-state index contributed by atoms with van der Waals surface area (Å²) in [5.41, 5.74) is 11.8. The first-order valence-electron chi connectivity index (χ1n) is 6.85. The van der Waals surface area contributed by atoms with Gasteiger partial charge in [0.2, 0.25) is 11.8 Å². The summed E-state index contributed by atoms with van der Waals surface area (Å²) in [6, 6.07) is 0. The largest absolute Gasteiger partial charge is 0.402 e. The minimum atomic E-state index is -0.152. The second-order valence-electron chi connectivity index (χ2n) is 4.77. The molecule has 0 aliphatic heterocycles. The highest BCUT2D eigenvalue weighted by Gasteiger charge is 1.97. The number of allylic oxidation sites excluding steroid dienone is 2. The molecular weight excluding hydrogens is 256 g/mol. The summed E-state index contributed by atoms with van der Waals surface area (Å²) in [6.45, 7) is 4.64. The topological polar surface area (TPSA) is 110 Å². The summed E-state index contributed by atoms with van der Waals surface area (Å²) in [7, 11) is 0. The van der Waals surface area contributed by atoms with Crippen LogP contribution < -0.4 is 22.1 Å². The van der Waals surface area contributed by atoms with Gasteiger partial charge >= 0.3 is 0 Å². The van der Waals surface area contributed by atoms with Crippen molar-refractivity contribution in [2.75, 3.05) is 13.1 Å². The van der Waals surface area contributed by atoms with Crippen molar-refractivity contribution >= 4 is 11.8 Å². The number of hydrogen-bond donors (Lipinski definition) is 4. The molecular formula is C14H26N4O2. The normalized spacial score (nSPS) is 12.1. The zero-order valence-corrected chi connectivity index (χ0v) is 12.4. The van der Waals surface area contributed by atoms with Crippen molar-refractivity contribution in [3.05, 3.63) is 23.5 Å². The Bertz CT molecular complexity index is 331. The second kappa shape index (κ2) is 10.9. The van der Waals surface area contributed by atoms with Crippen LogP contribution in [0.3, 0.4) is 0 Å². The van der Waals surface area contributed by atoms with E-state index in [1.807, 2.05) is 0 Å². The third-order valence-corrected chi connectivity index (χ3v) is 2.42. The highest BCUT2D eigenvalue weighted by atomic mass is 16.2. The van der Waals surface area contributed by atoms with Crippen LogP contribution in [-0.4, -0.2) is 24.9 Å². The molecule has 0 saturated heterocycles. The fourth-order valence-corrected chi connectivity index (χ4v) is 1.54. The molecule has 114 valence electrons. The summed E-state index contributed by atoms with van der Waals surface area (Å²) >= 11 is 0. The molecule has 0 fully saturated rings. The lowest BCUT2D eigenvalue weighted by Crippen LogP contribution is -2.24. The van der Waals surface area contributed by atoms with Crippen LogP contribution >= 0.6 is 0 Å². The number of amides is 2. The van der Waals surface area contributed by atoms with Gasteiger partial charge in [-0.25, -0.2) is 0 Å². The van der Waals surface area contributed by atoms with Gasteiger partial charge in [0.1, 0.15) is 0 Å². The van der Waals surface area contributed by atoms with Crippen LogP contribution in [0.25, 0.3) is 0 Å². The zero-order valence-electron chi connectivity index (χ0n) is 12.4. The van der Waals surface area contributed by atoms with Gasteiger partial charge in [0.25, 0.3) is 0 Å². The SMILES string of the molecule is C/C(N)=C/C(=O)NCCCCCCNC(=O)/C=C(/C)N. The summed E-state index contributed by atoms with van der Waals surface area (Å²) < 4.78 is 0. The van der Waals surface area contributed by atoms with E-state index in [1.54, 1.807) is 13.8 Å². The molecule has 0 bridgehead atoms. The Morgan fingerprint density at radius 2 is 1.15 bits per heavy atom. The number of nitrogens with two attached hydrogens (primary N) is 2. The molecule has 0 unspecified atom stereocenters. The molecule has 0 aromatic rings. The quantitative estimate of drug-likeness (QED) is 0.364. The summed E-state index contributed by atoms with van der Waals surface area (Å²) in [6.07, 6.45) is 6.60. The van der Waals surface area contributed by atoms with E-state index in [1.165, 1.54) is 12.2 Å². The summed E-state index contributed by atoms with van der Waals surface area (Å²) in [5.74, 6) is -0.303. The maximum atomic E-state index is 11.2. The average molecular weight is 282 g/mol. The van der Waals surface area contributed by atoms with Crippen LogP contribution in [0.1, 0.15) is 39.5 Å². The fraction of sp³-hybridized carbons (Fsp3) is 0.571. The maximum absolute atomic E-state index is 11.2. The van der Waals surface area contributed by atoms with E-state index < -0.39 is 0 Å². The van der Waals surface area contributed by atoms with Crippen molar-refractivity contribution in [3.63, 3.8) is 0 Å². The van der Waals surface area contributed by atoms with Crippen LogP contribution in [0, 0.1) is 0 Å². The van der Waals surface area contributed by atoms with Gasteiger partial charge in [-0.3, -0.25) is 9.59 Å². The molecule has 20 heavy (non-hydrogen) atoms. The number of carbonyl (C=O) groups excluding carboxylic acids is 2. The molecule has 0 aromatic heterocycles. The van der Waals surface area contributed by atoms with Gasteiger partial charge in [-0.05, 0) is 26.7 Å². The monoisotopic (exact) mass is 282 g/mol. The first kappa shape index (κ1) is 18.0. The minimum Gasteiger partial charge on any atom is -0.402 e. The van der Waals surface area contributed by atoms with E-state index in [-0.39, 0.29) is 11.8 Å². The lowest BCUT2D eigenvalue weighted by Gasteiger charge is -2.04. The molecule has 0 aliphatic carbocycles. The maximum Gasteiger partial charge on any atom is 0.245 e. The van der Waals surface area contributed by atoms with Crippen LogP contribution in [-0.2, 0) is 9.59 Å². The van der Waals surface area contributed by atoms with E-state index in [0.717, 1.165) is 25.7 Å². The smallest absolute Gasteiger partial charge is 0.245 e. The van der Waals surface area contributed by atoms with Crippen molar-refractivity contribution in [2.45, 2.75) is 39.5 Å². The molecule has 0 atom stereocenters. The summed E-state index contributed by atoms with van der Waals surface area (Å²) in [4.78, 5) is 22.4. The predicted octanol–water partition coefficient (Wildman–Crippen LogP) is 0.504. The van der Waals surface area contributed by atoms with E-state index in [2.05, 4.69) is 10.6 Å². The third kappa shape index (κ3) is 12.5. The van der Waals surface area contributed by atoms with Crippen molar-refractivity contribution in [2.24, 2.45) is 11.5 Å². The van der Waals surface area contributed by atoms with E-state index in [9.17, 15) is 9.59 Å². The Kier molecular flexibility index (Phi) is 9.82. The molecule has 6 heteroatoms. The van der Waals surface area contributed by atoms with Crippen molar-refractivity contribution in [1.29, 1.82) is 0 Å². The first-order valence-corrected chi connectivity index (χ1v) is 6.85. The van der Waals surface area contributed by atoms with Gasteiger partial charge in [-0.15, -0.1) is 0 Å². The van der Waals surface area contributed by atoms with Gasteiger partial charge in [-0.1, -0.05) is 12.8 Å². The molecule has 0 rings (SSSR count). The molecule has 2 amide bonds. The van der Waals surface area contributed by atoms with Crippen LogP contribution in [0.15, 0.2) is 23.5 Å². The minimum absolute atomic E-state index is 0.152. The van der Waals surface area contributed by atoms with E-state index >= 15 is 0 Å². The Hall–Kier alpha value is -1.98. The number of nitrogens with one attached hydrogen (secondary N) is 2. The van der Waals surface area contributed by atoms with Gasteiger partial charge in [0.15, 0.2) is 0 Å². The molecule has 0 spiro atoms. The molecule has 0 heterocycles. The second-order valence-corrected chi connectivity index (χ2v) is 4.77. The van der Waals surface area contributed by atoms with Crippen LogP contribution in [0.5, 0.6) is 0 Å². The van der Waals surface area contributed by atoms with Crippen molar-refractivity contribution in [3.8, 4) is 0 Å². The molecule has 6 N–H and O–H groups in total. The van der Waals surface area contributed by atoms with Crippen LogP contribution in [0.4, 0.5) is 0 Å². The molecule has 0 radical (unpaired) electrons. The predicted molar refractivity (Wildman–Crippen MR) is 80.4 cm³/mol. The molecule has 0 aliphatic rings. The number of unbranched alkanes of at least 4 members (excludes halogenated alkanes) is 3. The Balaban J connectivity index is 3.42. The average Bonchev–Trinajstić information content (AvgIpc) is 2.30. The lowest BCUT2D eigenvalue weighted by atomic mass is 10.2. The molecule has 0 aromatic carbocycles. The Morgan fingerprint density at radius 3 is 1.45 bits per heavy atom. The summed E-state index contributed by atoms with van der Waals surface area (Å²) in [5, 5.41) is 5.52. The lowest BCUT2D eigenvalue weighted by molar-refractivity contribution is -0.117. The zero-order chi connectivity index (χ0) is 15.4. The fourth-order valence-electron chi connectivity index (χ4n) is 1.54. The van der Waals surface area contributed by atoms with E-state index in [4.69, 9.17) is 11.5 Å². The van der Waals surface area contributed by atoms with Gasteiger partial charge < -0.3 is 22.1 Å². The third-order valence-electron chi connectivity index (χ3n) is 2.42. The number of hydrogen-bond acceptors (Lipinski definition) is 4. The van der Waals surface area contributed by atoms with Gasteiger partial charge in [0, 0.05) is 36.6 Å². The van der Waals surface area contributed by atoms with Gasteiger partial charge in [-0.2, -0.15) is 0 Å². The van der Waals surface area contributed by atoms with Crippen molar-refractivity contribution < 1.29 is 9.59 Å². The Labute approximate surface area is 120 Å². The standard InChI is InChI=1S/C14H26N4O2/c1-11(15)9-13(19)17-7-5-3-4-6-8-18-14(20)10-12(2)16/h9-10H,3-8,15-16H2,1-2H3,(H,17,19)(H,18,20)/b11-9-,12-10-. The highest BCUT2D eigenvalue weighted by Crippen LogP contribution is 1.98. The first-order chi connectivity index (χ1) is 9.41. The van der Waals surface area contributed by atoms with Gasteiger partial charge in [0.05, 0.1) is 0 Å².